The summed E-state index contributed by atoms with van der Waals surface area (Å²) in [6, 6.07) is 9.75. The molecule has 0 aliphatic carbocycles. The number of carbonyl (C=O) groups is 1. The van der Waals surface area contributed by atoms with E-state index in [2.05, 4.69) is 26.1 Å². The molecule has 1 amide bonds. The van der Waals surface area contributed by atoms with Crippen LogP contribution in [0.2, 0.25) is 0 Å². The molecule has 5 nitrogen and oxygen atoms in total. The molecule has 3 heterocycles. The van der Waals surface area contributed by atoms with Crippen molar-refractivity contribution < 1.29 is 31.0 Å². The monoisotopic (exact) mass is 475 g/mol. The normalized spacial score (nSPS) is 25.7. The molecule has 0 aromatic heterocycles. The van der Waals surface area contributed by atoms with Crippen LogP contribution >= 0.6 is 15.9 Å². The number of piperazine rings is 3. The van der Waals surface area contributed by atoms with Crippen molar-refractivity contribution in [3.05, 3.63) is 35.9 Å². The van der Waals surface area contributed by atoms with Gasteiger partial charge in [-0.05, 0) is 27.9 Å². The highest BCUT2D eigenvalue weighted by Gasteiger charge is 2.42. The second-order valence-corrected chi connectivity index (χ2v) is 7.85. The molecule has 2 bridgehead atoms. The first-order valence-electron chi connectivity index (χ1n) is 8.85. The molecule has 1 N–H and O–H groups in total. The van der Waals surface area contributed by atoms with Gasteiger partial charge in [-0.1, -0.05) is 30.3 Å². The zero-order valence-electron chi connectivity index (χ0n) is 14.5. The first-order chi connectivity index (χ1) is 11.7. The van der Waals surface area contributed by atoms with Crippen molar-refractivity contribution in [3.8, 4) is 0 Å². The fourth-order valence-corrected chi connectivity index (χ4v) is 4.56. The van der Waals surface area contributed by atoms with Crippen LogP contribution in [-0.4, -0.2) is 66.2 Å². The molecule has 4 rings (SSSR count). The van der Waals surface area contributed by atoms with E-state index in [1.54, 1.807) is 0 Å². The van der Waals surface area contributed by atoms with E-state index < -0.39 is 0 Å². The first kappa shape index (κ1) is 20.7. The zero-order chi connectivity index (χ0) is 16.8. The molecule has 3 aliphatic rings. The van der Waals surface area contributed by atoms with Gasteiger partial charge in [-0.2, -0.15) is 0 Å². The predicted molar refractivity (Wildman–Crippen MR) is 97.9 cm³/mol. The van der Waals surface area contributed by atoms with Crippen LogP contribution in [0.15, 0.2) is 30.3 Å². The van der Waals surface area contributed by atoms with Crippen LogP contribution in [0.5, 0.6) is 0 Å². The number of ether oxygens (including phenoxy) is 1. The van der Waals surface area contributed by atoms with Crippen molar-refractivity contribution in [2.24, 2.45) is 0 Å². The Morgan fingerprint density at radius 1 is 1.20 bits per heavy atom. The number of fused-ring (bicyclic) bond motifs is 3. The summed E-state index contributed by atoms with van der Waals surface area (Å²) < 4.78 is 6.43. The Morgan fingerprint density at radius 3 is 2.48 bits per heavy atom. The van der Waals surface area contributed by atoms with Crippen LogP contribution in [-0.2, 0) is 11.3 Å². The smallest absolute Gasteiger partial charge is 0.407 e. The van der Waals surface area contributed by atoms with Gasteiger partial charge < -0.3 is 31.5 Å². The highest BCUT2D eigenvalue weighted by molar-refractivity contribution is 9.09. The van der Waals surface area contributed by atoms with E-state index in [1.165, 1.54) is 43.8 Å². The van der Waals surface area contributed by atoms with Crippen LogP contribution in [0.4, 0.5) is 4.79 Å². The number of halogens is 2. The van der Waals surface area contributed by atoms with E-state index >= 15 is 0 Å². The molecule has 1 aromatic rings. The van der Waals surface area contributed by atoms with Gasteiger partial charge >= 0.3 is 6.09 Å². The maximum Gasteiger partial charge on any atom is 0.407 e. The van der Waals surface area contributed by atoms with Crippen molar-refractivity contribution in [2.45, 2.75) is 24.4 Å². The molecule has 1 aromatic carbocycles. The molecular formula is C18H27Br2N3O2. The molecule has 3 saturated heterocycles. The average Bonchev–Trinajstić information content (AvgIpc) is 2.65. The van der Waals surface area contributed by atoms with Gasteiger partial charge in [-0.25, -0.2) is 4.79 Å². The van der Waals surface area contributed by atoms with Gasteiger partial charge in [0.25, 0.3) is 0 Å². The van der Waals surface area contributed by atoms with Gasteiger partial charge in [0.1, 0.15) is 11.6 Å². The first-order valence-corrected chi connectivity index (χ1v) is 9.76. The van der Waals surface area contributed by atoms with E-state index in [9.17, 15) is 4.79 Å². The van der Waals surface area contributed by atoms with Crippen LogP contribution in [0.1, 0.15) is 18.4 Å². The highest BCUT2D eigenvalue weighted by Crippen LogP contribution is 2.29. The van der Waals surface area contributed by atoms with Crippen molar-refractivity contribution >= 4 is 22.0 Å². The molecule has 0 saturated carbocycles. The number of benzene rings is 1. The number of hydrogen-bond acceptors (Lipinski definition) is 3. The Kier molecular flexibility index (Phi) is 8.19. The quantitative estimate of drug-likeness (QED) is 0.251. The largest absolute Gasteiger partial charge is 1.00 e. The lowest BCUT2D eigenvalue weighted by atomic mass is 10.1. The van der Waals surface area contributed by atoms with Crippen molar-refractivity contribution in [1.82, 2.24) is 10.2 Å². The van der Waals surface area contributed by atoms with E-state index in [4.69, 9.17) is 4.74 Å². The fraction of sp³-hybridized carbons (Fsp3) is 0.611. The van der Waals surface area contributed by atoms with Crippen molar-refractivity contribution in [3.63, 3.8) is 0 Å². The molecule has 0 spiro atoms. The number of hydrogen-bond donors (Lipinski definition) is 1. The molecule has 0 radical (unpaired) electrons. The molecule has 1 atom stereocenters. The third kappa shape index (κ3) is 5.67. The Hall–Kier alpha value is -0.630. The molecule has 3 aliphatic heterocycles. The van der Waals surface area contributed by atoms with Gasteiger partial charge in [-0.3, -0.25) is 4.90 Å². The van der Waals surface area contributed by atoms with Gasteiger partial charge in [0.05, 0.1) is 19.6 Å². The van der Waals surface area contributed by atoms with Gasteiger partial charge in [0, 0.05) is 32.6 Å². The molecule has 3 fully saturated rings. The number of amides is 1. The summed E-state index contributed by atoms with van der Waals surface area (Å²) in [4.78, 5) is 14.8. The van der Waals surface area contributed by atoms with Crippen molar-refractivity contribution in [1.29, 1.82) is 0 Å². The maximum absolute atomic E-state index is 11.7. The predicted octanol–water partition coefficient (Wildman–Crippen LogP) is -0.436. The summed E-state index contributed by atoms with van der Waals surface area (Å²) in [7, 11) is 0. The molecule has 25 heavy (non-hydrogen) atoms. The Balaban J connectivity index is 0.00000225. The highest BCUT2D eigenvalue weighted by atomic mass is 79.9. The lowest BCUT2D eigenvalue weighted by Crippen LogP contribution is -3.00. The molecule has 140 valence electrons. The third-order valence-corrected chi connectivity index (χ3v) is 6.61. The Morgan fingerprint density at radius 2 is 1.84 bits per heavy atom. The van der Waals surface area contributed by atoms with Crippen molar-refractivity contribution in [2.75, 3.05) is 45.8 Å². The summed E-state index contributed by atoms with van der Waals surface area (Å²) in [5.74, 6) is 0. The fourth-order valence-electron chi connectivity index (χ4n) is 3.62. The Labute approximate surface area is 169 Å². The van der Waals surface area contributed by atoms with Gasteiger partial charge in [0.2, 0.25) is 0 Å². The van der Waals surface area contributed by atoms with E-state index in [0.29, 0.717) is 18.1 Å². The molecule has 7 heteroatoms. The van der Waals surface area contributed by atoms with Crippen LogP contribution < -0.4 is 22.3 Å². The minimum Gasteiger partial charge on any atom is -1.00 e. The second kappa shape index (κ2) is 9.90. The number of rotatable bonds is 7. The maximum atomic E-state index is 11.7. The number of quaternary nitrogens is 1. The number of alkyl carbamates (subject to hydrolysis) is 1. The lowest BCUT2D eigenvalue weighted by molar-refractivity contribution is -0.949. The van der Waals surface area contributed by atoms with Crippen LogP contribution in [0.25, 0.3) is 0 Å². The standard InChI is InChI=1S/C18H26BrN3O2.BrH/c19-17(22-12-9-21(10-13-22)11-14-22)7-4-8-20-18(23)24-15-16-5-2-1-3-6-16;/h1-3,5-6,17H,4,7-15H2;1H. The summed E-state index contributed by atoms with van der Waals surface area (Å²) >= 11 is 3.92. The van der Waals surface area contributed by atoms with E-state index in [0.717, 1.165) is 18.4 Å². The number of carbonyl (C=O) groups excluding carboxylic acids is 1. The summed E-state index contributed by atoms with van der Waals surface area (Å²) in [5, 5.41) is 2.85. The topological polar surface area (TPSA) is 41.6 Å². The van der Waals surface area contributed by atoms with Gasteiger partial charge in [0.15, 0.2) is 0 Å². The minimum absolute atomic E-state index is 0. The molecular weight excluding hydrogens is 450 g/mol. The van der Waals surface area contributed by atoms with Crippen LogP contribution in [0, 0.1) is 0 Å². The van der Waals surface area contributed by atoms with Gasteiger partial charge in [-0.15, -0.1) is 0 Å². The number of alkyl halides is 1. The SMILES string of the molecule is O=C(NCCCC(Br)[N+]12CCN(CC1)CC2)OCc1ccccc1.[Br-]. The number of nitrogens with zero attached hydrogens (tertiary/aromatic N) is 2. The summed E-state index contributed by atoms with van der Waals surface area (Å²) in [6.45, 7) is 8.43. The summed E-state index contributed by atoms with van der Waals surface area (Å²) in [6.07, 6.45) is 1.72. The average molecular weight is 477 g/mol. The zero-order valence-corrected chi connectivity index (χ0v) is 17.7. The van der Waals surface area contributed by atoms with E-state index in [1.807, 2.05) is 30.3 Å². The Bertz CT molecular complexity index is 523. The number of nitrogens with one attached hydrogen (secondary N) is 1. The lowest BCUT2D eigenvalue weighted by Gasteiger charge is -2.53. The second-order valence-electron chi connectivity index (χ2n) is 6.80. The molecule has 1 unspecified atom stereocenters. The minimum atomic E-state index is -0.330. The van der Waals surface area contributed by atoms with Crippen LogP contribution in [0.3, 0.4) is 0 Å². The summed E-state index contributed by atoms with van der Waals surface area (Å²) in [5.41, 5.74) is 1.01. The van der Waals surface area contributed by atoms with E-state index in [-0.39, 0.29) is 23.1 Å². The third-order valence-electron chi connectivity index (χ3n) is 5.28.